The molecular weight excluding hydrogens is 262 g/mol. The average molecular weight is 265 g/mol. The molecule has 0 radical (unpaired) electrons. The van der Waals surface area contributed by atoms with Gasteiger partial charge in [-0.25, -0.2) is 0 Å². The predicted octanol–water partition coefficient (Wildman–Crippen LogP) is 0.883. The Balaban J connectivity index is 0. The van der Waals surface area contributed by atoms with Gasteiger partial charge in [0, 0.05) is 40.8 Å². The van der Waals surface area contributed by atoms with Crippen LogP contribution in [0.1, 0.15) is 0 Å². The normalized spacial score (nSPS) is 0. The summed E-state index contributed by atoms with van der Waals surface area (Å²) < 4.78 is 0. The van der Waals surface area contributed by atoms with Crippen LogP contribution in [0.4, 0.5) is 9.41 Å². The Morgan fingerprint density at radius 3 is 0.750 bits per heavy atom. The summed E-state index contributed by atoms with van der Waals surface area (Å²) in [5.74, 6) is 0. The fraction of sp³-hybridized carbons (Fsp3) is 0. The Morgan fingerprint density at radius 1 is 0.750 bits per heavy atom. The number of halogens is 3. The molecule has 4 heteroatoms. The van der Waals surface area contributed by atoms with Gasteiger partial charge in [0.05, 0.1) is 0 Å². The first-order valence-electron chi connectivity index (χ1n) is 0. The van der Waals surface area contributed by atoms with Crippen LogP contribution < -0.4 is 0 Å². The van der Waals surface area contributed by atoms with E-state index in [9.17, 15) is 0 Å². The molecule has 0 atom stereocenters. The molecule has 0 heterocycles. The fourth-order valence-electron chi connectivity index (χ4n) is 0. The molecule has 0 rings (SSSR count). The maximum absolute atomic E-state index is 0. The van der Waals surface area contributed by atoms with Gasteiger partial charge in [-0.05, 0) is 0 Å². The average Bonchev–Trinajstić information content (AvgIpc) is 0. The second-order valence-electron chi connectivity index (χ2n) is 0. The van der Waals surface area contributed by atoms with Crippen molar-refractivity contribution in [2.24, 2.45) is 0 Å². The van der Waals surface area contributed by atoms with Gasteiger partial charge in [0.15, 0.2) is 0 Å². The maximum Gasteiger partial charge on any atom is 0 e. The molecule has 0 bridgehead atoms. The Kier molecular flexibility index (Phi) is 245. The molecule has 0 spiro atoms. The molecule has 0 saturated carbocycles. The van der Waals surface area contributed by atoms with Crippen LogP contribution in [0.25, 0.3) is 0 Å². The van der Waals surface area contributed by atoms with Crippen molar-refractivity contribution < 1.29 is 50.2 Å². The van der Waals surface area contributed by atoms with Gasteiger partial charge in [-0.15, -0.1) is 17.0 Å². The van der Waals surface area contributed by atoms with Crippen molar-refractivity contribution in [3.05, 3.63) is 0 Å². The molecular formula is H3BrF2Nd. The van der Waals surface area contributed by atoms with E-state index in [1.165, 1.54) is 0 Å². The minimum Gasteiger partial charge on any atom is -0.269 e. The van der Waals surface area contributed by atoms with Crippen LogP contribution in [0.5, 0.6) is 0 Å². The largest absolute Gasteiger partial charge is 0.269 e. The van der Waals surface area contributed by atoms with E-state index in [-0.39, 0.29) is 67.2 Å². The summed E-state index contributed by atoms with van der Waals surface area (Å²) in [6.07, 6.45) is 0. The summed E-state index contributed by atoms with van der Waals surface area (Å²) in [6, 6.07) is 0. The van der Waals surface area contributed by atoms with Crippen LogP contribution in [-0.2, 0) is 0 Å². The van der Waals surface area contributed by atoms with Crippen molar-refractivity contribution in [1.29, 1.82) is 0 Å². The minimum absolute atomic E-state index is 0. The Labute approximate surface area is 66.4 Å². The molecule has 0 saturated heterocycles. The van der Waals surface area contributed by atoms with Gasteiger partial charge < -0.3 is 0 Å². The van der Waals surface area contributed by atoms with E-state index in [0.717, 1.165) is 0 Å². The number of rotatable bonds is 0. The predicted molar refractivity (Wildman–Crippen MR) is 15.3 cm³/mol. The minimum atomic E-state index is 0. The Hall–Kier alpha value is 1.69. The second-order valence-corrected chi connectivity index (χ2v) is 0. The smallest absolute Gasteiger partial charge is 0 e. The molecule has 0 aromatic carbocycles. The van der Waals surface area contributed by atoms with Crippen LogP contribution in [0.3, 0.4) is 0 Å². The summed E-state index contributed by atoms with van der Waals surface area (Å²) in [5.41, 5.74) is 0. The molecule has 4 heavy (non-hydrogen) atoms. The molecule has 0 aliphatic carbocycles. The summed E-state index contributed by atoms with van der Waals surface area (Å²) in [5, 5.41) is 0. The zero-order valence-electron chi connectivity index (χ0n) is 1.72. The number of hydrogen-bond acceptors (Lipinski definition) is 0. The van der Waals surface area contributed by atoms with Crippen molar-refractivity contribution in [3.63, 3.8) is 0 Å². The topological polar surface area (TPSA) is 0 Å². The zero-order valence-corrected chi connectivity index (χ0v) is 6.65. The summed E-state index contributed by atoms with van der Waals surface area (Å²) >= 11 is 0. The van der Waals surface area contributed by atoms with E-state index < -0.39 is 0 Å². The monoisotopic (exact) mass is 262 g/mol. The third-order valence-electron chi connectivity index (χ3n) is 0. The van der Waals surface area contributed by atoms with E-state index in [1.807, 2.05) is 0 Å². The third-order valence-corrected chi connectivity index (χ3v) is 0. The SMILES string of the molecule is Br.F.F.[Nd]. The van der Waals surface area contributed by atoms with Gasteiger partial charge in [-0.2, -0.15) is 0 Å². The molecule has 0 N–H and O–H groups in total. The van der Waals surface area contributed by atoms with Crippen molar-refractivity contribution in [2.75, 3.05) is 0 Å². The van der Waals surface area contributed by atoms with Crippen LogP contribution in [0.15, 0.2) is 0 Å². The zero-order chi connectivity index (χ0) is 0. The molecule has 0 aliphatic rings. The van der Waals surface area contributed by atoms with Crippen molar-refractivity contribution in [1.82, 2.24) is 0 Å². The van der Waals surface area contributed by atoms with Crippen LogP contribution in [-0.4, -0.2) is 0 Å². The Bertz CT molecular complexity index is 6.00. The van der Waals surface area contributed by atoms with Crippen molar-refractivity contribution in [2.45, 2.75) is 0 Å². The first-order valence-corrected chi connectivity index (χ1v) is 0. The van der Waals surface area contributed by atoms with E-state index in [0.29, 0.717) is 0 Å². The molecule has 0 aliphatic heterocycles. The van der Waals surface area contributed by atoms with E-state index in [2.05, 4.69) is 0 Å². The first kappa shape index (κ1) is 43.8. The van der Waals surface area contributed by atoms with E-state index in [1.54, 1.807) is 0 Å². The van der Waals surface area contributed by atoms with Gasteiger partial charge >= 0.3 is 0 Å². The standard InChI is InChI=1S/BrH.2FH.Nd/h3*1H;. The van der Waals surface area contributed by atoms with Crippen molar-refractivity contribution >= 4 is 17.0 Å². The molecule has 0 amide bonds. The summed E-state index contributed by atoms with van der Waals surface area (Å²) in [6.45, 7) is 0. The molecule has 0 unspecified atom stereocenters. The molecule has 0 aromatic heterocycles. The van der Waals surface area contributed by atoms with Crippen molar-refractivity contribution in [3.8, 4) is 0 Å². The van der Waals surface area contributed by atoms with Crippen LogP contribution in [0.2, 0.25) is 0 Å². The van der Waals surface area contributed by atoms with Gasteiger partial charge in [0.2, 0.25) is 0 Å². The number of hydrogen-bond donors (Lipinski definition) is 0. The van der Waals surface area contributed by atoms with E-state index in [4.69, 9.17) is 0 Å². The van der Waals surface area contributed by atoms with Crippen LogP contribution >= 0.6 is 17.0 Å². The van der Waals surface area contributed by atoms with E-state index >= 15 is 0 Å². The van der Waals surface area contributed by atoms with Gasteiger partial charge in [0.1, 0.15) is 0 Å². The van der Waals surface area contributed by atoms with Gasteiger partial charge in [-0.3, -0.25) is 9.41 Å². The molecule has 28 valence electrons. The fourth-order valence-corrected chi connectivity index (χ4v) is 0. The Morgan fingerprint density at radius 2 is 0.750 bits per heavy atom. The summed E-state index contributed by atoms with van der Waals surface area (Å²) in [7, 11) is 0. The van der Waals surface area contributed by atoms with Gasteiger partial charge in [-0.1, -0.05) is 0 Å². The molecule has 0 nitrogen and oxygen atoms in total. The molecule has 0 aromatic rings. The van der Waals surface area contributed by atoms with Crippen LogP contribution in [0, 0.1) is 40.8 Å². The first-order chi connectivity index (χ1) is 0. The molecule has 0 fully saturated rings. The van der Waals surface area contributed by atoms with Gasteiger partial charge in [0.25, 0.3) is 0 Å². The summed E-state index contributed by atoms with van der Waals surface area (Å²) in [4.78, 5) is 0. The quantitative estimate of drug-likeness (QED) is 0.610. The maximum atomic E-state index is 0. The second kappa shape index (κ2) is 22.4. The third kappa shape index (κ3) is 9.35.